The minimum Gasteiger partial charge on any atom is -0.493 e. The third kappa shape index (κ3) is 15.6. The molecule has 0 unspecified atom stereocenters. The number of carbonyl (C=O) groups excluding carboxylic acids is 4. The molecule has 2 aromatic rings. The summed E-state index contributed by atoms with van der Waals surface area (Å²) in [5.74, 6) is 0.0118. The van der Waals surface area contributed by atoms with Crippen LogP contribution in [-0.2, 0) is 51.0 Å². The van der Waals surface area contributed by atoms with Crippen LogP contribution in [-0.4, -0.2) is 62.5 Å². The minimum absolute atomic E-state index is 0.0130. The van der Waals surface area contributed by atoms with Gasteiger partial charge in [0.05, 0.1) is 52.1 Å². The molecular formula is C40H56O10. The predicted octanol–water partition coefficient (Wildman–Crippen LogP) is 7.08. The van der Waals surface area contributed by atoms with Crippen LogP contribution in [0.2, 0.25) is 0 Å². The second-order valence-electron chi connectivity index (χ2n) is 15.2. The van der Waals surface area contributed by atoms with Gasteiger partial charge in [0, 0.05) is 0 Å². The fourth-order valence-electron chi connectivity index (χ4n) is 5.12. The molecule has 2 fully saturated rings. The Hall–Kier alpha value is -4.08. The van der Waals surface area contributed by atoms with Crippen LogP contribution in [0.1, 0.15) is 91.2 Å². The Labute approximate surface area is 297 Å². The molecule has 2 aliphatic rings. The topological polar surface area (TPSA) is 124 Å². The summed E-state index contributed by atoms with van der Waals surface area (Å²) in [4.78, 5) is 48.5. The van der Waals surface area contributed by atoms with E-state index in [0.29, 0.717) is 37.9 Å². The average molecular weight is 697 g/mol. The van der Waals surface area contributed by atoms with Gasteiger partial charge in [0.2, 0.25) is 0 Å². The van der Waals surface area contributed by atoms with Gasteiger partial charge in [-0.1, -0.05) is 36.4 Å². The quantitative estimate of drug-likeness (QED) is 0.133. The number of esters is 4. The van der Waals surface area contributed by atoms with E-state index in [4.69, 9.17) is 28.4 Å². The van der Waals surface area contributed by atoms with Gasteiger partial charge >= 0.3 is 23.9 Å². The molecule has 0 aromatic heterocycles. The third-order valence-electron chi connectivity index (χ3n) is 7.96. The fraction of sp³-hybridized carbons (Fsp3) is 0.600. The summed E-state index contributed by atoms with van der Waals surface area (Å²) in [5.41, 5.74) is 0.649. The summed E-state index contributed by atoms with van der Waals surface area (Å²) in [6.45, 7) is 12.2. The van der Waals surface area contributed by atoms with E-state index in [1.165, 1.54) is 39.9 Å². The monoisotopic (exact) mass is 696 g/mol. The molecule has 0 spiro atoms. The number of hydrogen-bond acceptors (Lipinski definition) is 10. The lowest BCUT2D eigenvalue weighted by Crippen LogP contribution is -2.28. The molecule has 50 heavy (non-hydrogen) atoms. The molecule has 2 saturated carbocycles. The molecule has 276 valence electrons. The first-order chi connectivity index (χ1) is 23.6. The van der Waals surface area contributed by atoms with E-state index >= 15 is 0 Å². The zero-order valence-corrected chi connectivity index (χ0v) is 31.1. The Morgan fingerprint density at radius 2 is 0.940 bits per heavy atom. The highest BCUT2D eigenvalue weighted by molar-refractivity contribution is 5.81. The van der Waals surface area contributed by atoms with Crippen molar-refractivity contribution in [3.8, 4) is 11.5 Å². The Bertz CT molecular complexity index is 1300. The smallest absolute Gasteiger partial charge is 0.309 e. The third-order valence-corrected chi connectivity index (χ3v) is 7.96. The van der Waals surface area contributed by atoms with Gasteiger partial charge < -0.3 is 28.4 Å². The number of hydrogen-bond donors (Lipinski definition) is 0. The first-order valence-electron chi connectivity index (χ1n) is 17.6. The SMILES string of the molecule is COC(=O)[C@@H](CC(=O)OC(C)(C)C)Cc1ccccc1OCC1CC1.COC(=O)[C@H](CC(=O)OC(C)(C)C)Cc1ccccc1OCC1CC1. The lowest BCUT2D eigenvalue weighted by Gasteiger charge is -2.22. The van der Waals surface area contributed by atoms with Crippen molar-refractivity contribution in [1.29, 1.82) is 0 Å². The second kappa shape index (κ2) is 18.8. The molecule has 4 rings (SSSR count). The highest BCUT2D eigenvalue weighted by Gasteiger charge is 2.30. The van der Waals surface area contributed by atoms with Crippen molar-refractivity contribution in [2.75, 3.05) is 27.4 Å². The first-order valence-corrected chi connectivity index (χ1v) is 17.6. The van der Waals surface area contributed by atoms with E-state index in [1.54, 1.807) is 41.5 Å². The fourth-order valence-corrected chi connectivity index (χ4v) is 5.12. The summed E-state index contributed by atoms with van der Waals surface area (Å²) in [5, 5.41) is 0. The molecule has 0 radical (unpaired) electrons. The summed E-state index contributed by atoms with van der Waals surface area (Å²) < 4.78 is 32.2. The summed E-state index contributed by atoms with van der Waals surface area (Å²) in [6.07, 6.45) is 5.59. The van der Waals surface area contributed by atoms with Crippen molar-refractivity contribution in [1.82, 2.24) is 0 Å². The maximum Gasteiger partial charge on any atom is 0.309 e. The largest absolute Gasteiger partial charge is 0.493 e. The molecule has 0 aliphatic heterocycles. The molecule has 0 N–H and O–H groups in total. The lowest BCUT2D eigenvalue weighted by molar-refractivity contribution is -0.160. The summed E-state index contributed by atoms with van der Waals surface area (Å²) in [6, 6.07) is 15.3. The first kappa shape index (κ1) is 40.4. The van der Waals surface area contributed by atoms with Crippen LogP contribution in [0.25, 0.3) is 0 Å². The van der Waals surface area contributed by atoms with Gasteiger partial charge in [-0.15, -0.1) is 0 Å². The highest BCUT2D eigenvalue weighted by Crippen LogP contribution is 2.32. The lowest BCUT2D eigenvalue weighted by atomic mass is 9.95. The molecule has 10 heteroatoms. The Morgan fingerprint density at radius 1 is 0.600 bits per heavy atom. The number of rotatable bonds is 16. The Kier molecular flexibility index (Phi) is 15.2. The standard InChI is InChI=1S/2C20H28O5/c2*1-20(2,3)25-18(21)12-16(19(22)23-4)11-15-7-5-6-8-17(15)24-13-14-9-10-14/h2*5-8,14,16H,9-13H2,1-4H3/t2*16-/m10/s1. The molecule has 2 atom stereocenters. The summed E-state index contributed by atoms with van der Waals surface area (Å²) >= 11 is 0. The molecular weight excluding hydrogens is 640 g/mol. The Balaban J connectivity index is 0.000000270. The van der Waals surface area contributed by atoms with Gasteiger partial charge in [0.15, 0.2) is 0 Å². The van der Waals surface area contributed by atoms with E-state index < -0.39 is 46.9 Å². The molecule has 0 amide bonds. The number of benzene rings is 2. The van der Waals surface area contributed by atoms with Crippen molar-refractivity contribution in [3.05, 3.63) is 59.7 Å². The predicted molar refractivity (Wildman–Crippen MR) is 189 cm³/mol. The van der Waals surface area contributed by atoms with Crippen molar-refractivity contribution >= 4 is 23.9 Å². The van der Waals surface area contributed by atoms with Gasteiger partial charge in [-0.3, -0.25) is 19.2 Å². The van der Waals surface area contributed by atoms with Crippen LogP contribution in [0.3, 0.4) is 0 Å². The molecule has 0 saturated heterocycles. The minimum atomic E-state index is -0.592. The number of methoxy groups -OCH3 is 2. The van der Waals surface area contributed by atoms with Crippen LogP contribution in [0, 0.1) is 23.7 Å². The van der Waals surface area contributed by atoms with E-state index in [0.717, 1.165) is 22.6 Å². The van der Waals surface area contributed by atoms with Crippen LogP contribution in [0.4, 0.5) is 0 Å². The Morgan fingerprint density at radius 3 is 1.24 bits per heavy atom. The number of ether oxygens (including phenoxy) is 6. The maximum absolute atomic E-state index is 12.1. The molecule has 0 heterocycles. The molecule has 2 aliphatic carbocycles. The normalized spacial score (nSPS) is 15.4. The van der Waals surface area contributed by atoms with E-state index in [9.17, 15) is 19.2 Å². The number of carbonyl (C=O) groups is 4. The second-order valence-corrected chi connectivity index (χ2v) is 15.2. The van der Waals surface area contributed by atoms with Crippen molar-refractivity contribution in [3.63, 3.8) is 0 Å². The van der Waals surface area contributed by atoms with E-state index in [1.807, 2.05) is 48.5 Å². The van der Waals surface area contributed by atoms with Gasteiger partial charge in [-0.05, 0) is 115 Å². The number of para-hydroxylation sites is 2. The van der Waals surface area contributed by atoms with Crippen molar-refractivity contribution in [2.24, 2.45) is 23.7 Å². The van der Waals surface area contributed by atoms with Gasteiger partial charge in [-0.2, -0.15) is 0 Å². The highest BCUT2D eigenvalue weighted by atomic mass is 16.6. The van der Waals surface area contributed by atoms with Crippen LogP contribution in [0.5, 0.6) is 11.5 Å². The molecule has 10 nitrogen and oxygen atoms in total. The van der Waals surface area contributed by atoms with E-state index in [2.05, 4.69) is 0 Å². The molecule has 0 bridgehead atoms. The van der Waals surface area contributed by atoms with Crippen molar-refractivity contribution < 1.29 is 47.6 Å². The zero-order chi connectivity index (χ0) is 36.9. The van der Waals surface area contributed by atoms with Crippen LogP contribution in [0.15, 0.2) is 48.5 Å². The van der Waals surface area contributed by atoms with Gasteiger partial charge in [-0.25, -0.2) is 0 Å². The average Bonchev–Trinajstić information content (AvgIpc) is 3.97. The van der Waals surface area contributed by atoms with E-state index in [-0.39, 0.29) is 12.8 Å². The van der Waals surface area contributed by atoms with Crippen LogP contribution >= 0.6 is 0 Å². The van der Waals surface area contributed by atoms with Crippen LogP contribution < -0.4 is 9.47 Å². The zero-order valence-electron chi connectivity index (χ0n) is 31.1. The molecule has 2 aromatic carbocycles. The van der Waals surface area contributed by atoms with Crippen molar-refractivity contribution in [2.45, 2.75) is 104 Å². The maximum atomic E-state index is 12.1. The van der Waals surface area contributed by atoms with Gasteiger partial charge in [0.1, 0.15) is 22.7 Å². The van der Waals surface area contributed by atoms with Gasteiger partial charge in [0.25, 0.3) is 0 Å². The summed E-state index contributed by atoms with van der Waals surface area (Å²) in [7, 11) is 2.67.